The molecule has 0 spiro atoms. The second-order valence-corrected chi connectivity index (χ2v) is 7.21. The maximum Gasteiger partial charge on any atom is 0.261 e. The lowest BCUT2D eigenvalue weighted by molar-refractivity contribution is 0.0622. The minimum absolute atomic E-state index is 0.0634. The fourth-order valence-corrected chi connectivity index (χ4v) is 4.49. The molecule has 3 saturated heterocycles. The molecule has 1 amide bonds. The number of carbonyl (C=O) groups excluding carboxylic acids is 1. The van der Waals surface area contributed by atoms with Gasteiger partial charge in [-0.1, -0.05) is 0 Å². The number of nitrogens with zero attached hydrogens (tertiary/aromatic N) is 1. The Morgan fingerprint density at radius 2 is 2.10 bits per heavy atom. The predicted octanol–water partition coefficient (Wildman–Crippen LogP) is 2.31. The zero-order chi connectivity index (χ0) is 14.4. The molecule has 1 aromatic carbocycles. The average molecular weight is 301 g/mol. The molecule has 0 aliphatic carbocycles. The second kappa shape index (κ2) is 5.00. The maximum atomic E-state index is 12.5. The van der Waals surface area contributed by atoms with Crippen LogP contribution in [-0.2, 0) is 0 Å². The van der Waals surface area contributed by atoms with E-state index in [-0.39, 0.29) is 5.91 Å². The van der Waals surface area contributed by atoms with Crippen LogP contribution >= 0.6 is 11.3 Å². The molecule has 3 aliphatic rings. The lowest BCUT2D eigenvalue weighted by Crippen LogP contribution is -2.57. The maximum absolute atomic E-state index is 12.5. The zero-order valence-electron chi connectivity index (χ0n) is 11.8. The van der Waals surface area contributed by atoms with Gasteiger partial charge >= 0.3 is 0 Å². The molecule has 5 heteroatoms. The van der Waals surface area contributed by atoms with Crippen molar-refractivity contribution < 1.29 is 4.79 Å². The Morgan fingerprint density at radius 1 is 1.29 bits per heavy atom. The standard InChI is InChI=1S/C16H19N3OS/c17-12-1-2-14-11(7-12)8-15(21-14)16(20)18-13-9-19-5-3-10(13)4-6-19/h1-2,7-8,10,13H,3-6,9,17H2,(H,18,20). The van der Waals surface area contributed by atoms with Crippen molar-refractivity contribution in [3.8, 4) is 0 Å². The largest absolute Gasteiger partial charge is 0.399 e. The number of fused-ring (bicyclic) bond motifs is 4. The van der Waals surface area contributed by atoms with E-state index in [9.17, 15) is 4.79 Å². The van der Waals surface area contributed by atoms with E-state index < -0.39 is 0 Å². The molecule has 3 fully saturated rings. The topological polar surface area (TPSA) is 58.4 Å². The van der Waals surface area contributed by atoms with Crippen LogP contribution < -0.4 is 11.1 Å². The lowest BCUT2D eigenvalue weighted by Gasteiger charge is -2.44. The summed E-state index contributed by atoms with van der Waals surface area (Å²) in [6, 6.07) is 8.06. The number of benzene rings is 1. The van der Waals surface area contributed by atoms with Gasteiger partial charge in [-0.25, -0.2) is 0 Å². The number of anilines is 1. The monoisotopic (exact) mass is 301 g/mol. The van der Waals surface area contributed by atoms with Crippen molar-refractivity contribution in [2.45, 2.75) is 18.9 Å². The first-order valence-corrected chi connectivity index (χ1v) is 8.33. The van der Waals surface area contributed by atoms with Crippen molar-refractivity contribution in [1.29, 1.82) is 0 Å². The summed E-state index contributed by atoms with van der Waals surface area (Å²) in [5, 5.41) is 4.30. The molecule has 4 nitrogen and oxygen atoms in total. The van der Waals surface area contributed by atoms with Crippen molar-refractivity contribution in [2.24, 2.45) is 5.92 Å². The van der Waals surface area contributed by atoms with Crippen LogP contribution in [0.25, 0.3) is 10.1 Å². The molecule has 1 aromatic heterocycles. The number of piperidine rings is 3. The Hall–Kier alpha value is -1.59. The summed E-state index contributed by atoms with van der Waals surface area (Å²) in [7, 11) is 0. The van der Waals surface area contributed by atoms with Gasteiger partial charge < -0.3 is 16.0 Å². The molecule has 1 unspecified atom stereocenters. The second-order valence-electron chi connectivity index (χ2n) is 6.13. The van der Waals surface area contributed by atoms with Crippen molar-refractivity contribution in [1.82, 2.24) is 10.2 Å². The van der Waals surface area contributed by atoms with Gasteiger partial charge in [0, 0.05) is 23.0 Å². The van der Waals surface area contributed by atoms with Crippen molar-refractivity contribution in [2.75, 3.05) is 25.4 Å². The Balaban J connectivity index is 1.53. The van der Waals surface area contributed by atoms with E-state index in [0.29, 0.717) is 12.0 Å². The zero-order valence-corrected chi connectivity index (χ0v) is 12.7. The number of nitrogens with one attached hydrogen (secondary N) is 1. The SMILES string of the molecule is Nc1ccc2sc(C(=O)NC3CN4CCC3CC4)cc2c1. The van der Waals surface area contributed by atoms with Crippen LogP contribution in [0.5, 0.6) is 0 Å². The number of hydrogen-bond acceptors (Lipinski definition) is 4. The highest BCUT2D eigenvalue weighted by Crippen LogP contribution is 2.30. The van der Waals surface area contributed by atoms with Crippen molar-refractivity contribution >= 4 is 33.0 Å². The van der Waals surface area contributed by atoms with Gasteiger partial charge in [-0.05, 0) is 61.5 Å². The summed E-state index contributed by atoms with van der Waals surface area (Å²) in [5.74, 6) is 0.720. The van der Waals surface area contributed by atoms with Crippen LogP contribution in [0.15, 0.2) is 24.3 Å². The van der Waals surface area contributed by atoms with E-state index >= 15 is 0 Å². The van der Waals surface area contributed by atoms with Crippen LogP contribution in [0, 0.1) is 5.92 Å². The Kier molecular flexibility index (Phi) is 3.12. The van der Waals surface area contributed by atoms with Gasteiger partial charge in [0.2, 0.25) is 0 Å². The van der Waals surface area contributed by atoms with E-state index in [1.165, 1.54) is 25.9 Å². The van der Waals surface area contributed by atoms with Gasteiger partial charge in [-0.15, -0.1) is 11.3 Å². The number of thiophene rings is 1. The first-order valence-electron chi connectivity index (χ1n) is 7.51. The molecule has 1 atom stereocenters. The molecule has 2 bridgehead atoms. The summed E-state index contributed by atoms with van der Waals surface area (Å²) < 4.78 is 1.11. The molecule has 2 aromatic rings. The van der Waals surface area contributed by atoms with E-state index in [0.717, 1.165) is 27.2 Å². The summed E-state index contributed by atoms with van der Waals surface area (Å²) >= 11 is 1.54. The molecule has 0 radical (unpaired) electrons. The normalized spacial score (nSPS) is 27.9. The van der Waals surface area contributed by atoms with E-state index in [1.807, 2.05) is 24.3 Å². The van der Waals surface area contributed by atoms with Crippen LogP contribution in [-0.4, -0.2) is 36.5 Å². The van der Waals surface area contributed by atoms with E-state index in [1.54, 1.807) is 11.3 Å². The summed E-state index contributed by atoms with van der Waals surface area (Å²) in [6.45, 7) is 3.40. The van der Waals surface area contributed by atoms with Gasteiger partial charge in [0.1, 0.15) is 0 Å². The molecule has 3 aliphatic heterocycles. The molecular formula is C16H19N3OS. The Morgan fingerprint density at radius 3 is 2.81 bits per heavy atom. The van der Waals surface area contributed by atoms with Gasteiger partial charge in [0.05, 0.1) is 4.88 Å². The minimum atomic E-state index is 0.0634. The number of nitrogens with two attached hydrogens (primary N) is 1. The number of amides is 1. The molecule has 110 valence electrons. The van der Waals surface area contributed by atoms with Crippen molar-refractivity contribution in [3.63, 3.8) is 0 Å². The molecule has 4 heterocycles. The summed E-state index contributed by atoms with van der Waals surface area (Å²) in [5.41, 5.74) is 6.54. The third-order valence-electron chi connectivity index (χ3n) is 4.74. The fourth-order valence-electron chi connectivity index (χ4n) is 3.54. The molecule has 3 N–H and O–H groups in total. The van der Waals surface area contributed by atoms with Gasteiger partial charge in [0.15, 0.2) is 0 Å². The van der Waals surface area contributed by atoms with Crippen LogP contribution in [0.1, 0.15) is 22.5 Å². The first-order chi connectivity index (χ1) is 10.2. The molecule has 0 saturated carbocycles. The van der Waals surface area contributed by atoms with Gasteiger partial charge in [-0.3, -0.25) is 4.79 Å². The van der Waals surface area contributed by atoms with Gasteiger partial charge in [0.25, 0.3) is 5.91 Å². The van der Waals surface area contributed by atoms with E-state index in [2.05, 4.69) is 10.2 Å². The Bertz CT molecular complexity index is 688. The summed E-state index contributed by atoms with van der Waals surface area (Å²) in [4.78, 5) is 15.7. The number of rotatable bonds is 2. The van der Waals surface area contributed by atoms with Crippen LogP contribution in [0.4, 0.5) is 5.69 Å². The van der Waals surface area contributed by atoms with E-state index in [4.69, 9.17) is 5.73 Å². The third kappa shape index (κ3) is 2.40. The molecular weight excluding hydrogens is 282 g/mol. The Labute approximate surface area is 127 Å². The van der Waals surface area contributed by atoms with Crippen LogP contribution in [0.3, 0.4) is 0 Å². The van der Waals surface area contributed by atoms with Crippen LogP contribution in [0.2, 0.25) is 0 Å². The molecule has 5 rings (SSSR count). The average Bonchev–Trinajstić information content (AvgIpc) is 2.91. The number of carbonyl (C=O) groups is 1. The highest BCUT2D eigenvalue weighted by atomic mass is 32.1. The van der Waals surface area contributed by atoms with Gasteiger partial charge in [-0.2, -0.15) is 0 Å². The number of hydrogen-bond donors (Lipinski definition) is 2. The minimum Gasteiger partial charge on any atom is -0.399 e. The first kappa shape index (κ1) is 13.1. The highest BCUT2D eigenvalue weighted by molar-refractivity contribution is 7.20. The third-order valence-corrected chi connectivity index (χ3v) is 5.85. The molecule has 21 heavy (non-hydrogen) atoms. The van der Waals surface area contributed by atoms with Crippen molar-refractivity contribution in [3.05, 3.63) is 29.1 Å². The smallest absolute Gasteiger partial charge is 0.261 e. The highest BCUT2D eigenvalue weighted by Gasteiger charge is 2.35. The quantitative estimate of drug-likeness (QED) is 0.837. The number of nitrogen functional groups attached to an aromatic ring is 1. The fraction of sp³-hybridized carbons (Fsp3) is 0.438. The predicted molar refractivity (Wildman–Crippen MR) is 86.7 cm³/mol. The summed E-state index contributed by atoms with van der Waals surface area (Å²) in [6.07, 6.45) is 2.43. The lowest BCUT2D eigenvalue weighted by atomic mass is 9.84.